The Morgan fingerprint density at radius 3 is 2.81 bits per heavy atom. The molecule has 31 heavy (non-hydrogen) atoms. The molecule has 1 aliphatic rings. The third-order valence-corrected chi connectivity index (χ3v) is 6.83. The van der Waals surface area contributed by atoms with Crippen LogP contribution in [0.3, 0.4) is 0 Å². The fourth-order valence-electron chi connectivity index (χ4n) is 3.22. The topological polar surface area (TPSA) is 84.4 Å². The van der Waals surface area contributed by atoms with E-state index in [9.17, 15) is 14.0 Å². The first-order valence-corrected chi connectivity index (χ1v) is 11.3. The summed E-state index contributed by atoms with van der Waals surface area (Å²) in [5, 5.41) is 11.2. The second-order valence-corrected chi connectivity index (χ2v) is 9.05. The molecule has 0 spiro atoms. The summed E-state index contributed by atoms with van der Waals surface area (Å²) in [5.41, 5.74) is 1.62. The molecule has 160 valence electrons. The first-order chi connectivity index (χ1) is 15.0. The molecule has 0 unspecified atom stereocenters. The molecule has 1 N–H and O–H groups in total. The number of aromatic nitrogens is 2. The zero-order chi connectivity index (χ0) is 21.8. The lowest BCUT2D eigenvalue weighted by atomic mass is 10.1. The molecule has 1 atom stereocenters. The van der Waals surface area contributed by atoms with E-state index in [1.807, 2.05) is 12.1 Å². The standard InChI is InChI=1S/C21H19FN4O3S2/c1-29-17-5-3-2-4-16(17)26-11-14(10-18(26)27)19(28)23-20-24-25-21(31-20)30-12-13-6-8-15(22)9-7-13/h2-9,14H,10-12H2,1H3,(H,23,24,28)/t14-/m1/s1. The molecule has 0 bridgehead atoms. The molecular formula is C21H19FN4O3S2. The number of nitrogens with zero attached hydrogens (tertiary/aromatic N) is 3. The summed E-state index contributed by atoms with van der Waals surface area (Å²) < 4.78 is 19.0. The number of benzene rings is 2. The Morgan fingerprint density at radius 2 is 2.03 bits per heavy atom. The summed E-state index contributed by atoms with van der Waals surface area (Å²) in [6.45, 7) is 0.274. The number of rotatable bonds is 7. The van der Waals surface area contributed by atoms with Crippen LogP contribution >= 0.6 is 23.1 Å². The third kappa shape index (κ3) is 5.02. The predicted molar refractivity (Wildman–Crippen MR) is 118 cm³/mol. The van der Waals surface area contributed by atoms with Crippen LogP contribution in [0, 0.1) is 11.7 Å². The van der Waals surface area contributed by atoms with Gasteiger partial charge in [0.15, 0.2) is 4.34 Å². The Kier molecular flexibility index (Phi) is 6.47. The molecule has 3 aromatic rings. The molecule has 0 saturated carbocycles. The van der Waals surface area contributed by atoms with Crippen LogP contribution in [0.1, 0.15) is 12.0 Å². The van der Waals surface area contributed by atoms with Gasteiger partial charge in [0, 0.05) is 18.7 Å². The Morgan fingerprint density at radius 1 is 1.26 bits per heavy atom. The van der Waals surface area contributed by atoms with E-state index in [0.717, 1.165) is 5.56 Å². The van der Waals surface area contributed by atoms with Crippen molar-refractivity contribution in [3.63, 3.8) is 0 Å². The van der Waals surface area contributed by atoms with Crippen LogP contribution in [-0.4, -0.2) is 35.7 Å². The van der Waals surface area contributed by atoms with Crippen molar-refractivity contribution < 1.29 is 18.7 Å². The van der Waals surface area contributed by atoms with Crippen molar-refractivity contribution in [3.8, 4) is 5.75 Å². The highest BCUT2D eigenvalue weighted by molar-refractivity contribution is 8.00. The number of para-hydroxylation sites is 2. The van der Waals surface area contributed by atoms with Gasteiger partial charge < -0.3 is 15.0 Å². The molecule has 1 fully saturated rings. The summed E-state index contributed by atoms with van der Waals surface area (Å²) in [4.78, 5) is 26.8. The molecule has 0 aliphatic carbocycles. The van der Waals surface area contributed by atoms with Gasteiger partial charge in [0.2, 0.25) is 16.9 Å². The zero-order valence-electron chi connectivity index (χ0n) is 16.6. The lowest BCUT2D eigenvalue weighted by Gasteiger charge is -2.19. The third-order valence-electron chi connectivity index (χ3n) is 4.78. The summed E-state index contributed by atoms with van der Waals surface area (Å²) in [5.74, 6) is 0.0488. The van der Waals surface area contributed by atoms with Gasteiger partial charge in [-0.3, -0.25) is 9.59 Å². The Bertz CT molecular complexity index is 1090. The Hall–Kier alpha value is -2.98. The summed E-state index contributed by atoms with van der Waals surface area (Å²) in [6, 6.07) is 13.5. The number of carbonyl (C=O) groups is 2. The lowest BCUT2D eigenvalue weighted by molar-refractivity contribution is -0.122. The first-order valence-electron chi connectivity index (χ1n) is 9.48. The molecular weight excluding hydrogens is 439 g/mol. The maximum absolute atomic E-state index is 13.0. The number of amides is 2. The van der Waals surface area contributed by atoms with E-state index >= 15 is 0 Å². The largest absolute Gasteiger partial charge is 0.495 e. The molecule has 1 saturated heterocycles. The van der Waals surface area contributed by atoms with Crippen molar-refractivity contribution in [2.24, 2.45) is 5.92 Å². The van der Waals surface area contributed by atoms with Gasteiger partial charge in [-0.05, 0) is 29.8 Å². The van der Waals surface area contributed by atoms with Gasteiger partial charge in [-0.1, -0.05) is 47.4 Å². The van der Waals surface area contributed by atoms with E-state index in [-0.39, 0.29) is 30.6 Å². The van der Waals surface area contributed by atoms with Crippen LogP contribution in [-0.2, 0) is 15.3 Å². The molecule has 2 heterocycles. The first kappa shape index (κ1) is 21.3. The average Bonchev–Trinajstić information content (AvgIpc) is 3.39. The number of anilines is 2. The van der Waals surface area contributed by atoms with Gasteiger partial charge in [-0.15, -0.1) is 10.2 Å². The monoisotopic (exact) mass is 458 g/mol. The van der Waals surface area contributed by atoms with Crippen molar-refractivity contribution >= 4 is 45.7 Å². The second kappa shape index (κ2) is 9.44. The van der Waals surface area contributed by atoms with Crippen molar-refractivity contribution in [2.45, 2.75) is 16.5 Å². The number of thioether (sulfide) groups is 1. The van der Waals surface area contributed by atoms with Crippen LogP contribution in [0.2, 0.25) is 0 Å². The van der Waals surface area contributed by atoms with Crippen LogP contribution in [0.15, 0.2) is 52.9 Å². The maximum Gasteiger partial charge on any atom is 0.231 e. The Labute approximate surface area is 186 Å². The van der Waals surface area contributed by atoms with Crippen molar-refractivity contribution in [2.75, 3.05) is 23.9 Å². The van der Waals surface area contributed by atoms with E-state index in [1.54, 1.807) is 36.3 Å². The number of halogens is 1. The van der Waals surface area contributed by atoms with E-state index < -0.39 is 5.92 Å². The minimum absolute atomic E-state index is 0.120. The number of methoxy groups -OCH3 is 1. The number of ether oxygens (including phenoxy) is 1. The quantitative estimate of drug-likeness (QED) is 0.426. The molecule has 7 nitrogen and oxygen atoms in total. The zero-order valence-corrected chi connectivity index (χ0v) is 18.2. The fraction of sp³-hybridized carbons (Fsp3) is 0.238. The number of carbonyl (C=O) groups excluding carboxylic acids is 2. The highest BCUT2D eigenvalue weighted by atomic mass is 32.2. The molecule has 10 heteroatoms. The van der Waals surface area contributed by atoms with Crippen LogP contribution in [0.25, 0.3) is 0 Å². The van der Waals surface area contributed by atoms with Crippen LogP contribution in [0.5, 0.6) is 5.75 Å². The minimum atomic E-state index is -0.489. The van der Waals surface area contributed by atoms with Gasteiger partial charge in [0.05, 0.1) is 18.7 Å². The van der Waals surface area contributed by atoms with Crippen molar-refractivity contribution in [1.29, 1.82) is 0 Å². The Balaban J connectivity index is 1.34. The molecule has 1 aromatic heterocycles. The SMILES string of the molecule is COc1ccccc1N1C[C@H](C(=O)Nc2nnc(SCc3ccc(F)cc3)s2)CC1=O. The molecule has 0 radical (unpaired) electrons. The molecule has 4 rings (SSSR count). The fourth-order valence-corrected chi connectivity index (χ4v) is 4.93. The van der Waals surface area contributed by atoms with E-state index in [0.29, 0.717) is 26.7 Å². The van der Waals surface area contributed by atoms with E-state index in [2.05, 4.69) is 15.5 Å². The van der Waals surface area contributed by atoms with Crippen molar-refractivity contribution in [3.05, 3.63) is 59.9 Å². The highest BCUT2D eigenvalue weighted by Gasteiger charge is 2.36. The number of hydrogen-bond acceptors (Lipinski definition) is 7. The normalized spacial score (nSPS) is 15.9. The van der Waals surface area contributed by atoms with Crippen LogP contribution < -0.4 is 15.0 Å². The molecule has 2 amide bonds. The second-order valence-electron chi connectivity index (χ2n) is 6.85. The average molecular weight is 459 g/mol. The predicted octanol–water partition coefficient (Wildman–Crippen LogP) is 3.97. The number of hydrogen-bond donors (Lipinski definition) is 1. The maximum atomic E-state index is 13.0. The van der Waals surface area contributed by atoms with Gasteiger partial charge in [-0.25, -0.2) is 4.39 Å². The summed E-state index contributed by atoms with van der Waals surface area (Å²) >= 11 is 2.72. The van der Waals surface area contributed by atoms with Gasteiger partial charge >= 0.3 is 0 Å². The molecule has 1 aliphatic heterocycles. The summed E-state index contributed by atoms with van der Waals surface area (Å²) in [6.07, 6.45) is 0.120. The van der Waals surface area contributed by atoms with Crippen molar-refractivity contribution in [1.82, 2.24) is 10.2 Å². The van der Waals surface area contributed by atoms with E-state index in [1.165, 1.54) is 35.2 Å². The smallest absolute Gasteiger partial charge is 0.231 e. The molecule has 2 aromatic carbocycles. The highest BCUT2D eigenvalue weighted by Crippen LogP contribution is 2.34. The van der Waals surface area contributed by atoms with Gasteiger partial charge in [0.1, 0.15) is 11.6 Å². The van der Waals surface area contributed by atoms with Gasteiger partial charge in [0.25, 0.3) is 0 Å². The summed E-state index contributed by atoms with van der Waals surface area (Å²) in [7, 11) is 1.55. The van der Waals surface area contributed by atoms with E-state index in [4.69, 9.17) is 4.74 Å². The van der Waals surface area contributed by atoms with Gasteiger partial charge in [-0.2, -0.15) is 0 Å². The van der Waals surface area contributed by atoms with Crippen LogP contribution in [0.4, 0.5) is 15.2 Å². The lowest BCUT2D eigenvalue weighted by Crippen LogP contribution is -2.28. The minimum Gasteiger partial charge on any atom is -0.495 e. The number of nitrogens with one attached hydrogen (secondary N) is 1.